The highest BCUT2D eigenvalue weighted by molar-refractivity contribution is 5.81. The third kappa shape index (κ3) is 4.36. The van der Waals surface area contributed by atoms with Crippen molar-refractivity contribution in [2.75, 3.05) is 33.2 Å². The predicted octanol–water partition coefficient (Wildman–Crippen LogP) is 2.66. The van der Waals surface area contributed by atoms with Gasteiger partial charge < -0.3 is 9.88 Å². The number of tetrazole rings is 1. The number of aromatic amines is 1. The van der Waals surface area contributed by atoms with Gasteiger partial charge in [0, 0.05) is 37.3 Å². The molecule has 3 heterocycles. The van der Waals surface area contributed by atoms with E-state index >= 15 is 0 Å². The summed E-state index contributed by atoms with van der Waals surface area (Å²) in [5, 5.41) is 13.5. The summed E-state index contributed by atoms with van der Waals surface area (Å²) in [7, 11) is 2.10. The molecule has 1 saturated heterocycles. The number of hydrogen-bond donors (Lipinski definition) is 1. The van der Waals surface area contributed by atoms with Crippen molar-refractivity contribution in [2.45, 2.75) is 26.4 Å². The number of nitrogens with zero attached hydrogens (tertiary/aromatic N) is 6. The molecule has 4 aromatic rings. The van der Waals surface area contributed by atoms with Crippen LogP contribution in [-0.4, -0.2) is 68.2 Å². The molecule has 8 nitrogen and oxygen atoms in total. The van der Waals surface area contributed by atoms with E-state index in [4.69, 9.17) is 0 Å². The summed E-state index contributed by atoms with van der Waals surface area (Å²) in [5.41, 5.74) is 4.48. The first-order valence-corrected chi connectivity index (χ1v) is 11.5. The molecule has 34 heavy (non-hydrogen) atoms. The van der Waals surface area contributed by atoms with Gasteiger partial charge in [-0.15, -0.1) is 5.10 Å². The molecule has 0 saturated carbocycles. The highest BCUT2D eigenvalue weighted by atomic mass is 19.1. The molecule has 1 aliphatic heterocycles. The molecule has 1 N–H and O–H groups in total. The molecule has 9 heteroatoms. The molecule has 0 bridgehead atoms. The molecule has 1 unspecified atom stereocenters. The van der Waals surface area contributed by atoms with Crippen LogP contribution in [0.15, 0.2) is 47.3 Å². The Morgan fingerprint density at radius 2 is 1.74 bits per heavy atom. The smallest absolute Gasteiger partial charge is 0.253 e. The Morgan fingerprint density at radius 1 is 1.03 bits per heavy atom. The molecule has 0 amide bonds. The first-order chi connectivity index (χ1) is 16.4. The fourth-order valence-electron chi connectivity index (χ4n) is 4.56. The molecule has 0 spiro atoms. The van der Waals surface area contributed by atoms with Crippen LogP contribution in [0.3, 0.4) is 0 Å². The van der Waals surface area contributed by atoms with Gasteiger partial charge in [-0.2, -0.15) is 0 Å². The van der Waals surface area contributed by atoms with Crippen molar-refractivity contribution in [3.63, 3.8) is 0 Å². The Hall–Kier alpha value is -3.43. The predicted molar refractivity (Wildman–Crippen MR) is 128 cm³/mol. The van der Waals surface area contributed by atoms with E-state index in [2.05, 4.69) is 50.3 Å². The van der Waals surface area contributed by atoms with E-state index in [9.17, 15) is 9.18 Å². The maximum atomic E-state index is 13.4. The molecule has 2 aromatic heterocycles. The lowest BCUT2D eigenvalue weighted by atomic mass is 10.00. The van der Waals surface area contributed by atoms with Gasteiger partial charge in [0.1, 0.15) is 11.9 Å². The molecule has 1 atom stereocenters. The third-order valence-electron chi connectivity index (χ3n) is 6.73. The third-order valence-corrected chi connectivity index (χ3v) is 6.73. The number of nitrogens with one attached hydrogen (secondary N) is 1. The monoisotopic (exact) mass is 461 g/mol. The number of fused-ring (bicyclic) bond motifs is 1. The zero-order valence-electron chi connectivity index (χ0n) is 19.6. The Labute approximate surface area is 197 Å². The van der Waals surface area contributed by atoms with E-state index in [0.29, 0.717) is 17.9 Å². The van der Waals surface area contributed by atoms with Gasteiger partial charge in [-0.25, -0.2) is 9.07 Å². The number of aromatic nitrogens is 5. The largest absolute Gasteiger partial charge is 0.322 e. The minimum atomic E-state index is -0.404. The number of halogens is 1. The highest BCUT2D eigenvalue weighted by Crippen LogP contribution is 2.28. The van der Waals surface area contributed by atoms with Crippen LogP contribution in [0.1, 0.15) is 34.1 Å². The van der Waals surface area contributed by atoms with Crippen LogP contribution in [0.25, 0.3) is 10.9 Å². The second-order valence-electron chi connectivity index (χ2n) is 9.14. The highest BCUT2D eigenvalue weighted by Gasteiger charge is 2.32. The topological polar surface area (TPSA) is 82.9 Å². The average Bonchev–Trinajstić information content (AvgIpc) is 3.26. The summed E-state index contributed by atoms with van der Waals surface area (Å²) in [5.74, 6) is 0.312. The van der Waals surface area contributed by atoms with Crippen LogP contribution >= 0.6 is 0 Å². The summed E-state index contributed by atoms with van der Waals surface area (Å²) in [6, 6.07) is 12.0. The molecule has 176 valence electrons. The molecule has 1 aliphatic rings. The van der Waals surface area contributed by atoms with Crippen LogP contribution < -0.4 is 5.56 Å². The number of aryl methyl sites for hydroxylation is 2. The number of piperazine rings is 1. The van der Waals surface area contributed by atoms with E-state index in [-0.39, 0.29) is 11.4 Å². The average molecular weight is 462 g/mol. The van der Waals surface area contributed by atoms with Crippen molar-refractivity contribution in [3.05, 3.63) is 86.7 Å². The van der Waals surface area contributed by atoms with Crippen molar-refractivity contribution in [3.8, 4) is 0 Å². The number of H-pyrrole nitrogens is 1. The second kappa shape index (κ2) is 9.08. The molecular weight excluding hydrogens is 433 g/mol. The Morgan fingerprint density at radius 3 is 2.47 bits per heavy atom. The fourth-order valence-corrected chi connectivity index (χ4v) is 4.56. The zero-order chi connectivity index (χ0) is 23.8. The maximum Gasteiger partial charge on any atom is 0.253 e. The quantitative estimate of drug-likeness (QED) is 0.492. The summed E-state index contributed by atoms with van der Waals surface area (Å²) < 4.78 is 15.1. The van der Waals surface area contributed by atoms with Crippen molar-refractivity contribution in [1.82, 2.24) is 35.0 Å². The molecule has 5 rings (SSSR count). The molecule has 1 fully saturated rings. The summed E-state index contributed by atoms with van der Waals surface area (Å²) in [6.45, 7) is 7.85. The molecular formula is C25H28FN7O. The van der Waals surface area contributed by atoms with Crippen LogP contribution in [0, 0.1) is 19.7 Å². The van der Waals surface area contributed by atoms with Crippen molar-refractivity contribution >= 4 is 10.9 Å². The fraction of sp³-hybridized carbons (Fsp3) is 0.360. The van der Waals surface area contributed by atoms with Gasteiger partial charge in [0.05, 0.1) is 6.54 Å². The van der Waals surface area contributed by atoms with Crippen LogP contribution in [0.5, 0.6) is 0 Å². The SMILES string of the molecule is Cc1cc2cc(C(c3nnnn3Cc3ccc(F)cc3)N3CCN(C)CC3)c(=O)[nH]c2cc1C. The minimum absolute atomic E-state index is 0.143. The van der Waals surface area contributed by atoms with Gasteiger partial charge in [-0.1, -0.05) is 12.1 Å². The maximum absolute atomic E-state index is 13.4. The number of likely N-dealkylation sites (N-methyl/N-ethyl adjacent to an activating group) is 1. The standard InChI is InChI=1S/C25H28FN7O/c1-16-12-19-14-21(25(34)27-22(19)13-17(16)2)23(32-10-8-31(3)9-11-32)24-28-29-30-33(24)15-18-4-6-20(26)7-5-18/h4-7,12-14,23H,8-11,15H2,1-3H3,(H,27,34). The van der Waals surface area contributed by atoms with Gasteiger partial charge in [0.25, 0.3) is 5.56 Å². The first kappa shape index (κ1) is 22.4. The minimum Gasteiger partial charge on any atom is -0.322 e. The number of benzene rings is 2. The number of hydrogen-bond acceptors (Lipinski definition) is 6. The van der Waals surface area contributed by atoms with Crippen molar-refractivity contribution < 1.29 is 4.39 Å². The van der Waals surface area contributed by atoms with E-state index < -0.39 is 6.04 Å². The number of pyridine rings is 1. The Bertz CT molecular complexity index is 1370. The summed E-state index contributed by atoms with van der Waals surface area (Å²) in [4.78, 5) is 21.0. The van der Waals surface area contributed by atoms with Crippen LogP contribution in [0.2, 0.25) is 0 Å². The van der Waals surface area contributed by atoms with Crippen molar-refractivity contribution in [1.29, 1.82) is 0 Å². The van der Waals surface area contributed by atoms with Crippen LogP contribution in [-0.2, 0) is 6.54 Å². The van der Waals surface area contributed by atoms with E-state index in [1.165, 1.54) is 17.7 Å². The van der Waals surface area contributed by atoms with E-state index in [1.54, 1.807) is 16.8 Å². The lowest BCUT2D eigenvalue weighted by Gasteiger charge is -2.37. The van der Waals surface area contributed by atoms with Gasteiger partial charge in [0.2, 0.25) is 0 Å². The van der Waals surface area contributed by atoms with Gasteiger partial charge in [0.15, 0.2) is 5.82 Å². The lowest BCUT2D eigenvalue weighted by Crippen LogP contribution is -2.47. The second-order valence-corrected chi connectivity index (χ2v) is 9.14. The normalized spacial score (nSPS) is 16.2. The Kier molecular flexibility index (Phi) is 5.97. The summed E-state index contributed by atoms with van der Waals surface area (Å²) in [6.07, 6.45) is 0. The Balaban J connectivity index is 1.61. The van der Waals surface area contributed by atoms with Crippen LogP contribution in [0.4, 0.5) is 4.39 Å². The molecule has 2 aromatic carbocycles. The molecule has 0 aliphatic carbocycles. The number of rotatable bonds is 5. The van der Waals surface area contributed by atoms with E-state index in [1.807, 2.05) is 19.1 Å². The zero-order valence-corrected chi connectivity index (χ0v) is 19.6. The van der Waals surface area contributed by atoms with Crippen molar-refractivity contribution in [2.24, 2.45) is 0 Å². The van der Waals surface area contributed by atoms with Gasteiger partial charge >= 0.3 is 0 Å². The van der Waals surface area contributed by atoms with Gasteiger partial charge in [-0.3, -0.25) is 9.69 Å². The summed E-state index contributed by atoms with van der Waals surface area (Å²) >= 11 is 0. The van der Waals surface area contributed by atoms with Gasteiger partial charge in [-0.05, 0) is 83.7 Å². The lowest BCUT2D eigenvalue weighted by molar-refractivity contribution is 0.121. The van der Waals surface area contributed by atoms with E-state index in [0.717, 1.165) is 48.2 Å². The molecule has 0 radical (unpaired) electrons. The first-order valence-electron chi connectivity index (χ1n) is 11.5.